The second kappa shape index (κ2) is 11.8. The van der Waals surface area contributed by atoms with Crippen LogP contribution in [0, 0.1) is 5.92 Å². The predicted octanol–water partition coefficient (Wildman–Crippen LogP) is 2.19. The molecular weight excluding hydrogens is 468 g/mol. The summed E-state index contributed by atoms with van der Waals surface area (Å²) in [7, 11) is 1.69. The highest BCUT2D eigenvalue weighted by Gasteiger charge is 2.43. The fourth-order valence-electron chi connectivity index (χ4n) is 5.01. The van der Waals surface area contributed by atoms with Gasteiger partial charge in [-0.05, 0) is 81.1 Å². The maximum atomic E-state index is 13.8. The van der Waals surface area contributed by atoms with Crippen molar-refractivity contribution in [3.8, 4) is 0 Å². The molecule has 0 spiro atoms. The molecule has 4 N–H and O–H groups in total. The first-order chi connectivity index (χ1) is 17.8. The number of piperidine rings is 1. The van der Waals surface area contributed by atoms with E-state index in [-0.39, 0.29) is 23.6 Å². The number of hydrogen-bond donors (Lipinski definition) is 4. The van der Waals surface area contributed by atoms with Crippen LogP contribution in [0.25, 0.3) is 0 Å². The minimum atomic E-state index is -0.796. The summed E-state index contributed by atoms with van der Waals surface area (Å²) in [4.78, 5) is 45.9. The molecule has 198 valence electrons. The average molecular weight is 507 g/mol. The summed E-state index contributed by atoms with van der Waals surface area (Å²) in [5.41, 5.74) is 2.80. The third-order valence-corrected chi connectivity index (χ3v) is 7.41. The monoisotopic (exact) mass is 506 g/mol. The van der Waals surface area contributed by atoms with Crippen molar-refractivity contribution in [2.45, 2.75) is 64.1 Å². The minimum Gasteiger partial charge on any atom is -0.343 e. The Hall–Kier alpha value is -3.30. The first-order valence-corrected chi connectivity index (χ1v) is 13.2. The van der Waals surface area contributed by atoms with E-state index in [1.54, 1.807) is 26.2 Å². The van der Waals surface area contributed by atoms with Gasteiger partial charge in [-0.1, -0.05) is 32.0 Å². The fourth-order valence-corrected chi connectivity index (χ4v) is 5.01. The van der Waals surface area contributed by atoms with E-state index in [0.29, 0.717) is 23.8 Å². The minimum absolute atomic E-state index is 0.181. The van der Waals surface area contributed by atoms with Crippen LogP contribution < -0.4 is 26.2 Å². The van der Waals surface area contributed by atoms with Gasteiger partial charge in [0.05, 0.1) is 6.04 Å². The highest BCUT2D eigenvalue weighted by atomic mass is 16.2. The van der Waals surface area contributed by atoms with E-state index >= 15 is 0 Å². The van der Waals surface area contributed by atoms with Crippen LogP contribution in [-0.4, -0.2) is 61.0 Å². The Balaban J connectivity index is 1.53. The van der Waals surface area contributed by atoms with E-state index in [1.165, 1.54) is 10.5 Å². The van der Waals surface area contributed by atoms with Gasteiger partial charge in [0.1, 0.15) is 17.9 Å². The Labute approximate surface area is 218 Å². The third-order valence-electron chi connectivity index (χ3n) is 7.41. The number of anilines is 2. The summed E-state index contributed by atoms with van der Waals surface area (Å²) in [5, 5.41) is 12.1. The van der Waals surface area contributed by atoms with Gasteiger partial charge in [-0.2, -0.15) is 0 Å². The Morgan fingerprint density at radius 3 is 2.41 bits per heavy atom. The molecule has 2 aliphatic rings. The number of pyridine rings is 1. The van der Waals surface area contributed by atoms with Gasteiger partial charge in [-0.3, -0.25) is 19.3 Å². The second-order valence-electron chi connectivity index (χ2n) is 10.3. The van der Waals surface area contributed by atoms with Gasteiger partial charge in [-0.15, -0.1) is 0 Å². The van der Waals surface area contributed by atoms with Crippen LogP contribution in [0.5, 0.6) is 0 Å². The molecule has 1 aromatic carbocycles. The lowest BCUT2D eigenvalue weighted by Crippen LogP contribution is -2.57. The molecule has 1 fully saturated rings. The number of benzene rings is 1. The fraction of sp³-hybridized carbons (Fsp3) is 0.500. The summed E-state index contributed by atoms with van der Waals surface area (Å²) in [5.74, 6) is -0.0768. The number of nitrogens with zero attached hydrogens (tertiary/aromatic N) is 2. The molecule has 4 rings (SSSR count). The standard InChI is InChI=1S/C28H38N6O3/c1-17(2)24(33-26(35)18(3)29-4)28(37)34-23(16-21-6-5-13-31-25(21)34)27(36)32-22-9-7-19(8-10-22)20-11-14-30-15-12-20/h5-10,13,17-18,20,23-24,29-30H,11-12,14-16H2,1-4H3,(H,32,36)(H,33,35). The topological polar surface area (TPSA) is 115 Å². The number of hydrogen-bond acceptors (Lipinski definition) is 6. The molecule has 0 radical (unpaired) electrons. The van der Waals surface area contributed by atoms with E-state index in [4.69, 9.17) is 0 Å². The largest absolute Gasteiger partial charge is 0.343 e. The normalized spacial score (nSPS) is 19.3. The van der Waals surface area contributed by atoms with Crippen molar-refractivity contribution < 1.29 is 14.4 Å². The molecular formula is C28H38N6O3. The van der Waals surface area contributed by atoms with Crippen LogP contribution in [0.2, 0.25) is 0 Å². The molecule has 37 heavy (non-hydrogen) atoms. The van der Waals surface area contributed by atoms with Gasteiger partial charge in [0.25, 0.3) is 5.91 Å². The summed E-state index contributed by atoms with van der Waals surface area (Å²) >= 11 is 0. The molecule has 3 heterocycles. The first kappa shape index (κ1) is 26.8. The van der Waals surface area contributed by atoms with Crippen molar-refractivity contribution in [2.75, 3.05) is 30.4 Å². The van der Waals surface area contributed by atoms with E-state index in [0.717, 1.165) is 31.5 Å². The molecule has 2 aromatic rings. The molecule has 3 atom stereocenters. The van der Waals surface area contributed by atoms with E-state index in [1.807, 2.05) is 32.0 Å². The number of aromatic nitrogens is 1. The van der Waals surface area contributed by atoms with Crippen LogP contribution in [-0.2, 0) is 20.8 Å². The molecule has 0 saturated carbocycles. The van der Waals surface area contributed by atoms with Gasteiger partial charge in [0, 0.05) is 18.3 Å². The number of rotatable bonds is 8. The molecule has 0 bridgehead atoms. The van der Waals surface area contributed by atoms with Gasteiger partial charge in [0.2, 0.25) is 11.8 Å². The van der Waals surface area contributed by atoms with Crippen LogP contribution in [0.3, 0.4) is 0 Å². The van der Waals surface area contributed by atoms with E-state index in [2.05, 4.69) is 38.4 Å². The Kier molecular flexibility index (Phi) is 8.56. The number of carbonyl (C=O) groups is 3. The van der Waals surface area contributed by atoms with Crippen molar-refractivity contribution in [3.63, 3.8) is 0 Å². The second-order valence-corrected chi connectivity index (χ2v) is 10.3. The number of fused-ring (bicyclic) bond motifs is 1. The Morgan fingerprint density at radius 1 is 1.05 bits per heavy atom. The summed E-state index contributed by atoms with van der Waals surface area (Å²) in [6.07, 6.45) is 4.19. The van der Waals surface area contributed by atoms with Crippen LogP contribution in [0.15, 0.2) is 42.6 Å². The lowest BCUT2D eigenvalue weighted by molar-refractivity contribution is -0.130. The SMILES string of the molecule is CNC(C)C(=O)NC(C(=O)N1c2ncccc2CC1C(=O)Nc1ccc(C2CCNCC2)cc1)C(C)C. The zero-order valence-electron chi connectivity index (χ0n) is 22.1. The lowest BCUT2D eigenvalue weighted by atomic mass is 9.90. The van der Waals surface area contributed by atoms with Crippen LogP contribution >= 0.6 is 0 Å². The molecule has 9 heteroatoms. The zero-order chi connectivity index (χ0) is 26.5. The quantitative estimate of drug-likeness (QED) is 0.436. The number of nitrogens with one attached hydrogen (secondary N) is 4. The zero-order valence-corrected chi connectivity index (χ0v) is 22.1. The van der Waals surface area contributed by atoms with Crippen molar-refractivity contribution >= 4 is 29.2 Å². The molecule has 2 aliphatic heterocycles. The lowest BCUT2D eigenvalue weighted by Gasteiger charge is -2.31. The van der Waals surface area contributed by atoms with Gasteiger partial charge < -0.3 is 21.3 Å². The van der Waals surface area contributed by atoms with Crippen molar-refractivity contribution in [2.24, 2.45) is 5.92 Å². The molecule has 3 unspecified atom stereocenters. The third kappa shape index (κ3) is 5.99. The Bertz CT molecular complexity index is 1110. The number of carbonyl (C=O) groups excluding carboxylic acids is 3. The van der Waals surface area contributed by atoms with Crippen molar-refractivity contribution in [1.82, 2.24) is 20.9 Å². The first-order valence-electron chi connectivity index (χ1n) is 13.2. The van der Waals surface area contributed by atoms with Crippen LogP contribution in [0.1, 0.15) is 50.7 Å². The summed E-state index contributed by atoms with van der Waals surface area (Å²) < 4.78 is 0. The molecule has 1 saturated heterocycles. The van der Waals surface area contributed by atoms with Crippen molar-refractivity contribution in [1.29, 1.82) is 0 Å². The number of amides is 3. The maximum Gasteiger partial charge on any atom is 0.251 e. The van der Waals surface area contributed by atoms with Crippen LogP contribution in [0.4, 0.5) is 11.5 Å². The summed E-state index contributed by atoms with van der Waals surface area (Å²) in [6, 6.07) is 9.69. The predicted molar refractivity (Wildman–Crippen MR) is 144 cm³/mol. The summed E-state index contributed by atoms with van der Waals surface area (Å²) in [6.45, 7) is 7.53. The number of likely N-dealkylation sites (N-methyl/N-ethyl adjacent to an activating group) is 1. The van der Waals surface area contributed by atoms with Crippen molar-refractivity contribution in [3.05, 3.63) is 53.7 Å². The van der Waals surface area contributed by atoms with Gasteiger partial charge in [-0.25, -0.2) is 4.98 Å². The molecule has 3 amide bonds. The molecule has 1 aromatic heterocycles. The average Bonchev–Trinajstić information content (AvgIpc) is 3.31. The van der Waals surface area contributed by atoms with E-state index in [9.17, 15) is 14.4 Å². The smallest absolute Gasteiger partial charge is 0.251 e. The molecule has 0 aliphatic carbocycles. The van der Waals surface area contributed by atoms with E-state index < -0.39 is 18.1 Å². The maximum absolute atomic E-state index is 13.8. The van der Waals surface area contributed by atoms with Gasteiger partial charge in [0.15, 0.2) is 0 Å². The highest BCUT2D eigenvalue weighted by molar-refractivity contribution is 6.09. The van der Waals surface area contributed by atoms with Gasteiger partial charge >= 0.3 is 0 Å². The molecule has 9 nitrogen and oxygen atoms in total. The highest BCUT2D eigenvalue weighted by Crippen LogP contribution is 2.32. The Morgan fingerprint density at radius 2 is 1.76 bits per heavy atom.